The number of hydrogen-bond donors (Lipinski definition) is 1. The molecule has 4 rings (SSSR count). The summed E-state index contributed by atoms with van der Waals surface area (Å²) in [6, 6.07) is 13.1. The van der Waals surface area contributed by atoms with Crippen molar-refractivity contribution in [3.05, 3.63) is 59.7 Å². The SMILES string of the molecule is Cc1ccc(N2CC(NC(=O)C=Cc3ccc4c(c3)OCO4)CC2=O)cc1. The van der Waals surface area contributed by atoms with Gasteiger partial charge in [0.15, 0.2) is 11.5 Å². The van der Waals surface area contributed by atoms with Gasteiger partial charge in [0.1, 0.15) is 0 Å². The van der Waals surface area contributed by atoms with Crippen molar-refractivity contribution >= 4 is 23.6 Å². The van der Waals surface area contributed by atoms with Gasteiger partial charge >= 0.3 is 0 Å². The molecule has 2 amide bonds. The van der Waals surface area contributed by atoms with Crippen LogP contribution in [0, 0.1) is 6.92 Å². The first-order chi connectivity index (χ1) is 13.1. The summed E-state index contributed by atoms with van der Waals surface area (Å²) in [5.74, 6) is 1.17. The van der Waals surface area contributed by atoms with Crippen LogP contribution in [0.2, 0.25) is 0 Å². The number of anilines is 1. The van der Waals surface area contributed by atoms with Crippen LogP contribution in [0.15, 0.2) is 48.5 Å². The minimum absolute atomic E-state index is 0.0175. The molecule has 6 heteroatoms. The molecule has 0 aromatic heterocycles. The molecule has 1 fully saturated rings. The Bertz CT molecular complexity index is 905. The lowest BCUT2D eigenvalue weighted by Gasteiger charge is -2.17. The summed E-state index contributed by atoms with van der Waals surface area (Å²) in [6.45, 7) is 2.70. The number of ether oxygens (including phenoxy) is 2. The number of aryl methyl sites for hydroxylation is 1. The van der Waals surface area contributed by atoms with Crippen molar-refractivity contribution in [2.24, 2.45) is 0 Å². The summed E-state index contributed by atoms with van der Waals surface area (Å²) in [6.07, 6.45) is 3.49. The van der Waals surface area contributed by atoms with E-state index in [1.807, 2.05) is 49.4 Å². The van der Waals surface area contributed by atoms with E-state index in [-0.39, 0.29) is 24.6 Å². The van der Waals surface area contributed by atoms with Gasteiger partial charge < -0.3 is 19.7 Å². The molecule has 1 atom stereocenters. The van der Waals surface area contributed by atoms with E-state index < -0.39 is 0 Å². The van der Waals surface area contributed by atoms with E-state index >= 15 is 0 Å². The predicted octanol–water partition coefficient (Wildman–Crippen LogP) is 2.66. The van der Waals surface area contributed by atoms with Crippen molar-refractivity contribution < 1.29 is 19.1 Å². The maximum atomic E-state index is 12.3. The summed E-state index contributed by atoms with van der Waals surface area (Å²) in [4.78, 5) is 26.2. The van der Waals surface area contributed by atoms with E-state index in [2.05, 4.69) is 5.32 Å². The van der Waals surface area contributed by atoms with Crippen molar-refractivity contribution in [1.29, 1.82) is 0 Å². The Morgan fingerprint density at radius 3 is 2.74 bits per heavy atom. The van der Waals surface area contributed by atoms with Crippen LogP contribution in [-0.4, -0.2) is 31.2 Å². The van der Waals surface area contributed by atoms with Crippen molar-refractivity contribution in [2.45, 2.75) is 19.4 Å². The van der Waals surface area contributed by atoms with Crippen LogP contribution < -0.4 is 19.7 Å². The molecular formula is C21H20N2O4. The van der Waals surface area contributed by atoms with Gasteiger partial charge in [-0.05, 0) is 42.8 Å². The van der Waals surface area contributed by atoms with Gasteiger partial charge in [-0.25, -0.2) is 0 Å². The zero-order valence-corrected chi connectivity index (χ0v) is 15.0. The first-order valence-corrected chi connectivity index (χ1v) is 8.84. The largest absolute Gasteiger partial charge is 0.454 e. The molecule has 2 aromatic rings. The van der Waals surface area contributed by atoms with Gasteiger partial charge in [-0.3, -0.25) is 9.59 Å². The Morgan fingerprint density at radius 2 is 1.93 bits per heavy atom. The Labute approximate surface area is 157 Å². The molecule has 0 spiro atoms. The molecule has 0 aliphatic carbocycles. The zero-order valence-electron chi connectivity index (χ0n) is 15.0. The average Bonchev–Trinajstić information content (AvgIpc) is 3.26. The molecule has 2 aromatic carbocycles. The standard InChI is InChI=1S/C21H20N2O4/c1-14-2-6-17(7-3-14)23-12-16(11-21(23)25)22-20(24)9-5-15-4-8-18-19(10-15)27-13-26-18/h2-10,16H,11-13H2,1H3,(H,22,24). The highest BCUT2D eigenvalue weighted by atomic mass is 16.7. The zero-order chi connectivity index (χ0) is 18.8. The highest BCUT2D eigenvalue weighted by molar-refractivity contribution is 5.98. The lowest BCUT2D eigenvalue weighted by Crippen LogP contribution is -2.36. The van der Waals surface area contributed by atoms with Crippen molar-refractivity contribution in [3.8, 4) is 11.5 Å². The highest BCUT2D eigenvalue weighted by Crippen LogP contribution is 2.32. The fourth-order valence-corrected chi connectivity index (χ4v) is 3.22. The number of rotatable bonds is 4. The summed E-state index contributed by atoms with van der Waals surface area (Å²) in [5.41, 5.74) is 2.85. The van der Waals surface area contributed by atoms with Gasteiger partial charge in [-0.15, -0.1) is 0 Å². The van der Waals surface area contributed by atoms with Crippen molar-refractivity contribution in [2.75, 3.05) is 18.2 Å². The number of carbonyl (C=O) groups is 2. The summed E-state index contributed by atoms with van der Waals surface area (Å²) in [5, 5.41) is 2.90. The van der Waals surface area contributed by atoms with Gasteiger partial charge in [0, 0.05) is 24.7 Å². The van der Waals surface area contributed by atoms with E-state index in [0.717, 1.165) is 16.8 Å². The summed E-state index contributed by atoms with van der Waals surface area (Å²) >= 11 is 0. The van der Waals surface area contributed by atoms with E-state index in [9.17, 15) is 9.59 Å². The molecule has 6 nitrogen and oxygen atoms in total. The fraction of sp³-hybridized carbons (Fsp3) is 0.238. The second-order valence-electron chi connectivity index (χ2n) is 6.70. The molecule has 2 heterocycles. The molecule has 1 unspecified atom stereocenters. The molecule has 27 heavy (non-hydrogen) atoms. The number of nitrogens with one attached hydrogen (secondary N) is 1. The molecule has 1 N–H and O–H groups in total. The molecule has 0 radical (unpaired) electrons. The van der Waals surface area contributed by atoms with Crippen LogP contribution in [0.25, 0.3) is 6.08 Å². The average molecular weight is 364 g/mol. The van der Waals surface area contributed by atoms with Gasteiger partial charge in [-0.1, -0.05) is 23.8 Å². The third-order valence-electron chi connectivity index (χ3n) is 4.64. The van der Waals surface area contributed by atoms with Gasteiger partial charge in [0.05, 0.1) is 6.04 Å². The number of fused-ring (bicyclic) bond motifs is 1. The van der Waals surface area contributed by atoms with Crippen LogP contribution in [0.5, 0.6) is 11.5 Å². The predicted molar refractivity (Wildman–Crippen MR) is 102 cm³/mol. The Kier molecular flexibility index (Phi) is 4.54. The van der Waals surface area contributed by atoms with E-state index in [1.165, 1.54) is 6.08 Å². The number of amides is 2. The van der Waals surface area contributed by atoms with E-state index in [1.54, 1.807) is 11.0 Å². The minimum atomic E-state index is -0.226. The normalized spacial score (nSPS) is 18.3. The van der Waals surface area contributed by atoms with Crippen molar-refractivity contribution in [1.82, 2.24) is 5.32 Å². The molecule has 0 saturated carbocycles. The molecular weight excluding hydrogens is 344 g/mol. The number of hydrogen-bond acceptors (Lipinski definition) is 4. The molecule has 0 bridgehead atoms. The molecule has 1 saturated heterocycles. The van der Waals surface area contributed by atoms with Gasteiger partial charge in [-0.2, -0.15) is 0 Å². The number of nitrogens with zero attached hydrogens (tertiary/aromatic N) is 1. The number of benzene rings is 2. The van der Waals surface area contributed by atoms with Crippen LogP contribution in [0.3, 0.4) is 0 Å². The fourth-order valence-electron chi connectivity index (χ4n) is 3.22. The monoisotopic (exact) mass is 364 g/mol. The maximum Gasteiger partial charge on any atom is 0.244 e. The van der Waals surface area contributed by atoms with E-state index in [0.29, 0.717) is 24.5 Å². The smallest absolute Gasteiger partial charge is 0.244 e. The third-order valence-corrected chi connectivity index (χ3v) is 4.64. The first-order valence-electron chi connectivity index (χ1n) is 8.84. The van der Waals surface area contributed by atoms with Crippen LogP contribution in [0.1, 0.15) is 17.5 Å². The molecule has 138 valence electrons. The highest BCUT2D eigenvalue weighted by Gasteiger charge is 2.31. The lowest BCUT2D eigenvalue weighted by molar-refractivity contribution is -0.117. The van der Waals surface area contributed by atoms with Crippen molar-refractivity contribution in [3.63, 3.8) is 0 Å². The molecule has 2 aliphatic heterocycles. The third kappa shape index (κ3) is 3.79. The quantitative estimate of drug-likeness (QED) is 0.847. The molecule has 2 aliphatic rings. The Balaban J connectivity index is 1.36. The minimum Gasteiger partial charge on any atom is -0.454 e. The van der Waals surface area contributed by atoms with E-state index in [4.69, 9.17) is 9.47 Å². The Morgan fingerprint density at radius 1 is 1.15 bits per heavy atom. The van der Waals surface area contributed by atoms with Crippen LogP contribution in [0.4, 0.5) is 5.69 Å². The topological polar surface area (TPSA) is 67.9 Å². The second kappa shape index (κ2) is 7.15. The first kappa shape index (κ1) is 17.1. The number of carbonyl (C=O) groups excluding carboxylic acids is 2. The van der Waals surface area contributed by atoms with Crippen LogP contribution >= 0.6 is 0 Å². The second-order valence-corrected chi connectivity index (χ2v) is 6.70. The van der Waals surface area contributed by atoms with Gasteiger partial charge in [0.2, 0.25) is 18.6 Å². The lowest BCUT2D eigenvalue weighted by atomic mass is 10.2. The summed E-state index contributed by atoms with van der Waals surface area (Å²) in [7, 11) is 0. The Hall–Kier alpha value is -3.28. The van der Waals surface area contributed by atoms with Crippen LogP contribution in [-0.2, 0) is 9.59 Å². The maximum absolute atomic E-state index is 12.3. The van der Waals surface area contributed by atoms with Gasteiger partial charge in [0.25, 0.3) is 0 Å². The summed E-state index contributed by atoms with van der Waals surface area (Å²) < 4.78 is 10.6.